The quantitative estimate of drug-likeness (QED) is 0.632. The molecule has 7 heteroatoms. The number of hydrogen-bond acceptors (Lipinski definition) is 4. The minimum atomic E-state index is -0.682. The minimum absolute atomic E-state index is 0.247. The van der Waals surface area contributed by atoms with Crippen LogP contribution in [0.15, 0.2) is 24.3 Å². The minimum Gasteiger partial charge on any atom is -0.464 e. The van der Waals surface area contributed by atoms with Gasteiger partial charge in [0, 0.05) is 5.02 Å². The molecule has 0 bridgehead atoms. The Balaban J connectivity index is 1.88. The normalized spacial score (nSPS) is 23.9. The van der Waals surface area contributed by atoms with Crippen LogP contribution < -0.4 is 4.90 Å². The van der Waals surface area contributed by atoms with E-state index in [2.05, 4.69) is 0 Å². The van der Waals surface area contributed by atoms with Gasteiger partial charge in [0.2, 0.25) is 0 Å². The van der Waals surface area contributed by atoms with Gasteiger partial charge in [0.05, 0.1) is 12.3 Å². The van der Waals surface area contributed by atoms with Crippen LogP contribution in [0.1, 0.15) is 19.8 Å². The first-order valence-corrected chi connectivity index (χ1v) is 7.51. The molecule has 2 aliphatic rings. The van der Waals surface area contributed by atoms with Crippen molar-refractivity contribution < 1.29 is 19.1 Å². The van der Waals surface area contributed by atoms with Crippen LogP contribution in [-0.2, 0) is 14.3 Å². The van der Waals surface area contributed by atoms with Crippen LogP contribution >= 0.6 is 11.6 Å². The van der Waals surface area contributed by atoms with Gasteiger partial charge in [0.25, 0.3) is 5.91 Å². The first kappa shape index (κ1) is 14.8. The number of rotatable bonds is 3. The molecule has 3 rings (SSSR count). The number of hydrogen-bond donors (Lipinski definition) is 0. The molecule has 116 valence electrons. The Labute approximate surface area is 132 Å². The van der Waals surface area contributed by atoms with Crippen LogP contribution in [0, 0.1) is 0 Å². The van der Waals surface area contributed by atoms with Crippen molar-refractivity contribution in [1.82, 2.24) is 4.90 Å². The second-order valence-corrected chi connectivity index (χ2v) is 5.64. The molecule has 22 heavy (non-hydrogen) atoms. The number of fused-ring (bicyclic) bond motifs is 1. The number of esters is 1. The van der Waals surface area contributed by atoms with Gasteiger partial charge in [-0.3, -0.25) is 9.69 Å². The van der Waals surface area contributed by atoms with E-state index in [-0.39, 0.29) is 12.5 Å². The lowest BCUT2D eigenvalue weighted by molar-refractivity contribution is -0.147. The molecule has 0 unspecified atom stereocenters. The lowest BCUT2D eigenvalue weighted by Gasteiger charge is -2.21. The molecule has 2 fully saturated rings. The molecular weight excluding hydrogens is 308 g/mol. The molecule has 0 spiro atoms. The van der Waals surface area contributed by atoms with Crippen molar-refractivity contribution in [3.63, 3.8) is 0 Å². The zero-order valence-electron chi connectivity index (χ0n) is 12.0. The third-order valence-corrected chi connectivity index (χ3v) is 4.20. The maximum absolute atomic E-state index is 12.6. The SMILES string of the molecule is CCOC(=O)[C@@H]1CC[C@@H]2C(=O)N(c3ccc(Cl)cc3)C(=O)N21. The Kier molecular flexibility index (Phi) is 3.78. The van der Waals surface area contributed by atoms with Crippen LogP contribution in [-0.4, -0.2) is 41.5 Å². The van der Waals surface area contributed by atoms with Gasteiger partial charge < -0.3 is 4.74 Å². The highest BCUT2D eigenvalue weighted by Crippen LogP contribution is 2.35. The second-order valence-electron chi connectivity index (χ2n) is 5.20. The van der Waals surface area contributed by atoms with Gasteiger partial charge in [-0.1, -0.05) is 11.6 Å². The number of imide groups is 1. The summed E-state index contributed by atoms with van der Waals surface area (Å²) in [4.78, 5) is 39.5. The predicted molar refractivity (Wildman–Crippen MR) is 79.6 cm³/mol. The third-order valence-electron chi connectivity index (χ3n) is 3.95. The molecule has 0 radical (unpaired) electrons. The Morgan fingerprint density at radius 1 is 1.27 bits per heavy atom. The monoisotopic (exact) mass is 322 g/mol. The fourth-order valence-corrected chi connectivity index (χ4v) is 3.10. The van der Waals surface area contributed by atoms with Crippen LogP contribution in [0.2, 0.25) is 5.02 Å². The average molecular weight is 323 g/mol. The summed E-state index contributed by atoms with van der Waals surface area (Å²) in [5.41, 5.74) is 0.455. The van der Waals surface area contributed by atoms with E-state index in [1.54, 1.807) is 31.2 Å². The summed E-state index contributed by atoms with van der Waals surface area (Å²) in [6, 6.07) is 4.71. The van der Waals surface area contributed by atoms with E-state index < -0.39 is 24.1 Å². The van der Waals surface area contributed by atoms with E-state index in [0.29, 0.717) is 23.6 Å². The fraction of sp³-hybridized carbons (Fsp3) is 0.400. The van der Waals surface area contributed by atoms with Crippen molar-refractivity contribution in [2.24, 2.45) is 0 Å². The zero-order chi connectivity index (χ0) is 15.9. The number of nitrogens with zero attached hydrogens (tertiary/aromatic N) is 2. The Bertz CT molecular complexity index is 631. The van der Waals surface area contributed by atoms with Crippen molar-refractivity contribution in [3.05, 3.63) is 29.3 Å². The van der Waals surface area contributed by atoms with Crippen molar-refractivity contribution in [3.8, 4) is 0 Å². The van der Waals surface area contributed by atoms with E-state index in [1.807, 2.05) is 0 Å². The van der Waals surface area contributed by atoms with Crippen LogP contribution in [0.3, 0.4) is 0 Å². The summed E-state index contributed by atoms with van der Waals surface area (Å²) in [5.74, 6) is -0.761. The number of halogens is 1. The van der Waals surface area contributed by atoms with Gasteiger partial charge in [-0.2, -0.15) is 0 Å². The molecule has 3 amide bonds. The van der Waals surface area contributed by atoms with Gasteiger partial charge in [-0.15, -0.1) is 0 Å². The Morgan fingerprint density at radius 2 is 1.95 bits per heavy atom. The molecule has 1 aromatic carbocycles. The largest absolute Gasteiger partial charge is 0.464 e. The summed E-state index contributed by atoms with van der Waals surface area (Å²) in [5, 5.41) is 0.521. The van der Waals surface area contributed by atoms with Crippen LogP contribution in [0.5, 0.6) is 0 Å². The Hall–Kier alpha value is -2.08. The first-order chi connectivity index (χ1) is 10.5. The number of carbonyl (C=O) groups is 3. The zero-order valence-corrected chi connectivity index (χ0v) is 12.7. The molecule has 1 aromatic rings. The van der Waals surface area contributed by atoms with E-state index >= 15 is 0 Å². The molecule has 6 nitrogen and oxygen atoms in total. The number of carbonyl (C=O) groups excluding carboxylic acids is 3. The van der Waals surface area contributed by atoms with Crippen molar-refractivity contribution in [1.29, 1.82) is 0 Å². The number of benzene rings is 1. The molecule has 2 saturated heterocycles. The molecule has 0 saturated carbocycles. The molecule has 0 aromatic heterocycles. The number of amides is 3. The second kappa shape index (κ2) is 5.61. The lowest BCUT2D eigenvalue weighted by Crippen LogP contribution is -2.43. The highest BCUT2D eigenvalue weighted by molar-refractivity contribution is 6.30. The van der Waals surface area contributed by atoms with E-state index in [4.69, 9.17) is 16.3 Å². The van der Waals surface area contributed by atoms with Gasteiger partial charge in [-0.05, 0) is 44.0 Å². The molecule has 0 aliphatic carbocycles. The number of ether oxygens (including phenoxy) is 1. The van der Waals surface area contributed by atoms with Crippen LogP contribution in [0.25, 0.3) is 0 Å². The van der Waals surface area contributed by atoms with Gasteiger partial charge in [0.15, 0.2) is 0 Å². The van der Waals surface area contributed by atoms with Gasteiger partial charge in [0.1, 0.15) is 12.1 Å². The molecular formula is C15H15ClN2O4. The fourth-order valence-electron chi connectivity index (χ4n) is 2.98. The van der Waals surface area contributed by atoms with E-state index in [0.717, 1.165) is 4.90 Å². The summed E-state index contributed by atoms with van der Waals surface area (Å²) >= 11 is 5.83. The molecule has 0 N–H and O–H groups in total. The third kappa shape index (κ3) is 2.23. The van der Waals surface area contributed by atoms with Crippen molar-refractivity contribution in [2.75, 3.05) is 11.5 Å². The molecule has 2 aliphatic heterocycles. The van der Waals surface area contributed by atoms with Crippen molar-refractivity contribution >= 4 is 35.2 Å². The number of anilines is 1. The Morgan fingerprint density at radius 3 is 2.59 bits per heavy atom. The van der Waals surface area contributed by atoms with Gasteiger partial charge >= 0.3 is 12.0 Å². The maximum atomic E-state index is 12.6. The van der Waals surface area contributed by atoms with Crippen LogP contribution in [0.4, 0.5) is 10.5 Å². The average Bonchev–Trinajstić information content (AvgIpc) is 3.03. The summed E-state index contributed by atoms with van der Waals surface area (Å²) < 4.78 is 4.99. The topological polar surface area (TPSA) is 66.9 Å². The summed E-state index contributed by atoms with van der Waals surface area (Å²) in [6.45, 7) is 1.96. The highest BCUT2D eigenvalue weighted by Gasteiger charge is 2.54. The standard InChI is InChI=1S/C15H15ClN2O4/c1-2-22-14(20)12-8-7-11-13(19)17(15(21)18(11)12)10-5-3-9(16)4-6-10/h3-6,11-12H,2,7-8H2,1H3/t11-,12+/m1/s1. The molecule has 2 atom stereocenters. The first-order valence-electron chi connectivity index (χ1n) is 7.13. The highest BCUT2D eigenvalue weighted by atomic mass is 35.5. The van der Waals surface area contributed by atoms with E-state index in [1.165, 1.54) is 4.90 Å². The maximum Gasteiger partial charge on any atom is 0.332 e. The van der Waals surface area contributed by atoms with Gasteiger partial charge in [-0.25, -0.2) is 14.5 Å². The predicted octanol–water partition coefficient (Wildman–Crippen LogP) is 2.20. The van der Waals surface area contributed by atoms with E-state index in [9.17, 15) is 14.4 Å². The van der Waals surface area contributed by atoms with Crippen molar-refractivity contribution in [2.45, 2.75) is 31.8 Å². The smallest absolute Gasteiger partial charge is 0.332 e. The lowest BCUT2D eigenvalue weighted by atomic mass is 10.1. The summed E-state index contributed by atoms with van der Waals surface area (Å²) in [6.07, 6.45) is 0.924. The summed E-state index contributed by atoms with van der Waals surface area (Å²) in [7, 11) is 0. The number of urea groups is 1. The molecule has 2 heterocycles.